The van der Waals surface area contributed by atoms with Gasteiger partial charge in [0.25, 0.3) is 0 Å². The molecule has 0 amide bonds. The van der Waals surface area contributed by atoms with Crippen molar-refractivity contribution >= 4 is 5.69 Å². The Kier molecular flexibility index (Phi) is 8.16. The predicted octanol–water partition coefficient (Wildman–Crippen LogP) is 6.60. The van der Waals surface area contributed by atoms with Crippen LogP contribution in [0.4, 0.5) is 5.69 Å². The van der Waals surface area contributed by atoms with Gasteiger partial charge in [-0.1, -0.05) is 55.3 Å². The number of rotatable bonds is 10. The van der Waals surface area contributed by atoms with E-state index in [1.807, 2.05) is 25.1 Å². The summed E-state index contributed by atoms with van der Waals surface area (Å²) in [6, 6.07) is 14.9. The zero-order chi connectivity index (χ0) is 22.3. The molecule has 0 saturated heterocycles. The van der Waals surface area contributed by atoms with Crippen molar-refractivity contribution in [2.75, 3.05) is 18.5 Å². The molecule has 4 heteroatoms. The number of allylic oxidation sites excluding steroid dienone is 1. The van der Waals surface area contributed by atoms with Gasteiger partial charge in [-0.2, -0.15) is 0 Å². The lowest BCUT2D eigenvalue weighted by Gasteiger charge is -2.44. The maximum Gasteiger partial charge on any atom is 0.132 e. The standard InChI is InChI=1S/C27H37NO3/c1-6-8-16-29-25-23-18-22(28-19-21-12-10-20(3)11-13-21)14-15-24(23)31-27(4,5)26(25)30-17-9-7-2/h7,9-15,18,25-26,28H,6,8,16-17,19H2,1-5H3. The number of nitrogens with one attached hydrogen (secondary N) is 1. The predicted molar refractivity (Wildman–Crippen MR) is 128 cm³/mol. The van der Waals surface area contributed by atoms with Gasteiger partial charge < -0.3 is 19.5 Å². The average Bonchev–Trinajstić information content (AvgIpc) is 2.75. The molecule has 4 nitrogen and oxygen atoms in total. The molecule has 2 aromatic carbocycles. The van der Waals surface area contributed by atoms with Crippen LogP contribution in [-0.2, 0) is 16.0 Å². The van der Waals surface area contributed by atoms with Crippen molar-refractivity contribution in [3.8, 4) is 5.75 Å². The average molecular weight is 424 g/mol. The number of ether oxygens (including phenoxy) is 3. The molecule has 0 radical (unpaired) electrons. The molecule has 3 rings (SSSR count). The Morgan fingerprint density at radius 3 is 2.58 bits per heavy atom. The summed E-state index contributed by atoms with van der Waals surface area (Å²) in [7, 11) is 0. The summed E-state index contributed by atoms with van der Waals surface area (Å²) in [5, 5.41) is 3.54. The molecule has 168 valence electrons. The first-order valence-electron chi connectivity index (χ1n) is 11.4. The van der Waals surface area contributed by atoms with Crippen LogP contribution in [0, 0.1) is 6.92 Å². The van der Waals surface area contributed by atoms with Crippen LogP contribution in [0.3, 0.4) is 0 Å². The van der Waals surface area contributed by atoms with Gasteiger partial charge in [-0.25, -0.2) is 0 Å². The molecule has 1 aliphatic heterocycles. The van der Waals surface area contributed by atoms with Crippen LogP contribution in [0.15, 0.2) is 54.6 Å². The molecule has 31 heavy (non-hydrogen) atoms. The number of fused-ring (bicyclic) bond motifs is 1. The molecule has 0 aromatic heterocycles. The van der Waals surface area contributed by atoms with Crippen LogP contribution < -0.4 is 10.1 Å². The van der Waals surface area contributed by atoms with Crippen molar-refractivity contribution in [2.45, 2.75) is 71.8 Å². The smallest absolute Gasteiger partial charge is 0.132 e. The Bertz CT molecular complexity index is 857. The van der Waals surface area contributed by atoms with Gasteiger partial charge in [0, 0.05) is 24.4 Å². The van der Waals surface area contributed by atoms with E-state index in [2.05, 4.69) is 69.4 Å². The highest BCUT2D eigenvalue weighted by Crippen LogP contribution is 2.44. The van der Waals surface area contributed by atoms with E-state index in [-0.39, 0.29) is 12.2 Å². The monoisotopic (exact) mass is 423 g/mol. The van der Waals surface area contributed by atoms with Crippen LogP contribution >= 0.6 is 0 Å². The van der Waals surface area contributed by atoms with E-state index in [9.17, 15) is 0 Å². The Hall–Kier alpha value is -2.30. The zero-order valence-electron chi connectivity index (χ0n) is 19.6. The second-order valence-electron chi connectivity index (χ2n) is 8.77. The number of hydrogen-bond donors (Lipinski definition) is 1. The van der Waals surface area contributed by atoms with Crippen molar-refractivity contribution in [3.63, 3.8) is 0 Å². The van der Waals surface area contributed by atoms with Gasteiger partial charge in [-0.05, 0) is 57.9 Å². The summed E-state index contributed by atoms with van der Waals surface area (Å²) >= 11 is 0. The van der Waals surface area contributed by atoms with E-state index in [4.69, 9.17) is 14.2 Å². The van der Waals surface area contributed by atoms with Crippen LogP contribution in [-0.4, -0.2) is 24.9 Å². The Morgan fingerprint density at radius 1 is 1.10 bits per heavy atom. The lowest BCUT2D eigenvalue weighted by Crippen LogP contribution is -2.51. The summed E-state index contributed by atoms with van der Waals surface area (Å²) in [5.74, 6) is 0.873. The third-order valence-electron chi connectivity index (χ3n) is 5.67. The largest absolute Gasteiger partial charge is 0.485 e. The second-order valence-corrected chi connectivity index (χ2v) is 8.77. The molecule has 2 aromatic rings. The van der Waals surface area contributed by atoms with Crippen LogP contribution in [0.1, 0.15) is 63.3 Å². The highest BCUT2D eigenvalue weighted by Gasteiger charge is 2.45. The van der Waals surface area contributed by atoms with Crippen LogP contribution in [0.5, 0.6) is 5.75 Å². The SMILES string of the molecule is CC=CCOC1C(OCCCC)c2cc(NCc3ccc(C)cc3)ccc2OC1(C)C. The molecule has 0 aliphatic carbocycles. The van der Waals surface area contributed by atoms with Gasteiger partial charge in [-0.3, -0.25) is 0 Å². The second kappa shape index (κ2) is 10.8. The minimum Gasteiger partial charge on any atom is -0.485 e. The lowest BCUT2D eigenvalue weighted by atomic mass is 9.87. The first-order valence-corrected chi connectivity index (χ1v) is 11.4. The minimum absolute atomic E-state index is 0.170. The van der Waals surface area contributed by atoms with E-state index in [1.165, 1.54) is 11.1 Å². The number of hydrogen-bond acceptors (Lipinski definition) is 4. The summed E-state index contributed by atoms with van der Waals surface area (Å²) in [6.07, 6.45) is 5.79. The third kappa shape index (κ3) is 6.11. The molecular formula is C27H37NO3. The molecule has 1 heterocycles. The summed E-state index contributed by atoms with van der Waals surface area (Å²) < 4.78 is 19.0. The minimum atomic E-state index is -0.484. The highest BCUT2D eigenvalue weighted by molar-refractivity contribution is 5.54. The topological polar surface area (TPSA) is 39.7 Å². The molecule has 0 spiro atoms. The van der Waals surface area contributed by atoms with Crippen molar-refractivity contribution in [2.24, 2.45) is 0 Å². The van der Waals surface area contributed by atoms with E-state index in [0.29, 0.717) is 13.2 Å². The first-order chi connectivity index (χ1) is 14.9. The number of benzene rings is 2. The van der Waals surface area contributed by atoms with E-state index in [1.54, 1.807) is 0 Å². The van der Waals surface area contributed by atoms with Crippen molar-refractivity contribution in [1.29, 1.82) is 0 Å². The van der Waals surface area contributed by atoms with Crippen molar-refractivity contribution in [1.82, 2.24) is 0 Å². The quantitative estimate of drug-likeness (QED) is 0.345. The van der Waals surface area contributed by atoms with Gasteiger partial charge in [-0.15, -0.1) is 0 Å². The van der Waals surface area contributed by atoms with Crippen molar-refractivity contribution < 1.29 is 14.2 Å². The Morgan fingerprint density at radius 2 is 1.87 bits per heavy atom. The van der Waals surface area contributed by atoms with Gasteiger partial charge >= 0.3 is 0 Å². The van der Waals surface area contributed by atoms with E-state index < -0.39 is 5.60 Å². The lowest BCUT2D eigenvalue weighted by molar-refractivity contribution is -0.157. The zero-order valence-corrected chi connectivity index (χ0v) is 19.6. The normalized spacial score (nSPS) is 19.8. The van der Waals surface area contributed by atoms with Crippen LogP contribution in [0.2, 0.25) is 0 Å². The molecule has 1 aliphatic rings. The molecule has 0 fully saturated rings. The molecule has 2 unspecified atom stereocenters. The Balaban J connectivity index is 1.83. The molecule has 2 atom stereocenters. The highest BCUT2D eigenvalue weighted by atomic mass is 16.6. The molecule has 1 N–H and O–H groups in total. The summed E-state index contributed by atoms with van der Waals surface area (Å²) in [4.78, 5) is 0. The van der Waals surface area contributed by atoms with Gasteiger partial charge in [0.1, 0.15) is 23.6 Å². The third-order valence-corrected chi connectivity index (χ3v) is 5.67. The fraction of sp³-hybridized carbons (Fsp3) is 0.481. The molecule has 0 saturated carbocycles. The first kappa shape index (κ1) is 23.4. The fourth-order valence-electron chi connectivity index (χ4n) is 3.83. The number of anilines is 1. The van der Waals surface area contributed by atoms with Gasteiger partial charge in [0.15, 0.2) is 0 Å². The summed E-state index contributed by atoms with van der Waals surface area (Å²) in [5.41, 5.74) is 4.15. The van der Waals surface area contributed by atoms with Gasteiger partial charge in [0.05, 0.1) is 6.61 Å². The Labute approximate surface area is 187 Å². The van der Waals surface area contributed by atoms with Crippen molar-refractivity contribution in [3.05, 3.63) is 71.3 Å². The fourth-order valence-corrected chi connectivity index (χ4v) is 3.83. The number of aryl methyl sites for hydroxylation is 1. The number of unbranched alkanes of at least 4 members (excludes halogenated alkanes) is 1. The molecule has 0 bridgehead atoms. The van der Waals surface area contributed by atoms with E-state index >= 15 is 0 Å². The van der Waals surface area contributed by atoms with E-state index in [0.717, 1.165) is 36.4 Å². The maximum absolute atomic E-state index is 6.40. The van der Waals surface area contributed by atoms with Gasteiger partial charge in [0.2, 0.25) is 0 Å². The molecular weight excluding hydrogens is 386 g/mol. The maximum atomic E-state index is 6.40. The van der Waals surface area contributed by atoms with Crippen LogP contribution in [0.25, 0.3) is 0 Å². The summed E-state index contributed by atoms with van der Waals surface area (Å²) in [6.45, 7) is 12.5.